The highest BCUT2D eigenvalue weighted by Crippen LogP contribution is 2.23. The fourth-order valence-electron chi connectivity index (χ4n) is 1.22. The summed E-state index contributed by atoms with van der Waals surface area (Å²) in [7, 11) is 1.43. The molecule has 0 aliphatic carbocycles. The number of nitrogens with one attached hydrogen (secondary N) is 1. The van der Waals surface area contributed by atoms with E-state index in [2.05, 4.69) is 5.32 Å². The summed E-state index contributed by atoms with van der Waals surface area (Å²) in [6.07, 6.45) is 0. The summed E-state index contributed by atoms with van der Waals surface area (Å²) >= 11 is 0. The number of ether oxygens (including phenoxy) is 1. The average molecular weight is 223 g/mol. The van der Waals surface area contributed by atoms with E-state index < -0.39 is 11.8 Å². The number of carbonyl (C=O) groups excluding carboxylic acids is 2. The second-order valence-electron chi connectivity index (χ2n) is 3.07. The minimum Gasteiger partial charge on any atom is -0.496 e. The molecule has 6 nitrogen and oxygen atoms in total. The Hall–Kier alpha value is -2.24. The maximum Gasteiger partial charge on any atom is 0.257 e. The van der Waals surface area contributed by atoms with Crippen LogP contribution < -0.4 is 21.5 Å². The second-order valence-corrected chi connectivity index (χ2v) is 3.07. The van der Waals surface area contributed by atoms with Gasteiger partial charge in [-0.1, -0.05) is 6.07 Å². The molecule has 0 aliphatic rings. The van der Waals surface area contributed by atoms with Crippen LogP contribution in [0.5, 0.6) is 5.75 Å². The second kappa shape index (κ2) is 5.01. The van der Waals surface area contributed by atoms with E-state index in [0.717, 1.165) is 0 Å². The van der Waals surface area contributed by atoms with Crippen molar-refractivity contribution in [2.75, 3.05) is 19.4 Å². The van der Waals surface area contributed by atoms with Crippen LogP contribution in [-0.2, 0) is 4.79 Å². The van der Waals surface area contributed by atoms with Gasteiger partial charge in [0.05, 0.1) is 13.7 Å². The van der Waals surface area contributed by atoms with Crippen LogP contribution >= 0.6 is 0 Å². The van der Waals surface area contributed by atoms with E-state index in [-0.39, 0.29) is 17.8 Å². The van der Waals surface area contributed by atoms with Crippen molar-refractivity contribution in [2.45, 2.75) is 0 Å². The van der Waals surface area contributed by atoms with Gasteiger partial charge in [0.1, 0.15) is 11.3 Å². The lowest BCUT2D eigenvalue weighted by molar-refractivity contribution is -0.117. The highest BCUT2D eigenvalue weighted by atomic mass is 16.5. The van der Waals surface area contributed by atoms with E-state index >= 15 is 0 Å². The Morgan fingerprint density at radius 3 is 2.69 bits per heavy atom. The zero-order chi connectivity index (χ0) is 12.1. The van der Waals surface area contributed by atoms with Gasteiger partial charge in [0.15, 0.2) is 0 Å². The van der Waals surface area contributed by atoms with E-state index in [1.165, 1.54) is 7.11 Å². The first-order valence-corrected chi connectivity index (χ1v) is 4.55. The fraction of sp³-hybridized carbons (Fsp3) is 0.200. The van der Waals surface area contributed by atoms with Crippen LogP contribution in [0.1, 0.15) is 10.4 Å². The zero-order valence-corrected chi connectivity index (χ0v) is 8.82. The van der Waals surface area contributed by atoms with Crippen molar-refractivity contribution in [2.24, 2.45) is 5.73 Å². The number of carbonyl (C=O) groups is 2. The summed E-state index contributed by atoms with van der Waals surface area (Å²) in [6, 6.07) is 4.84. The van der Waals surface area contributed by atoms with Crippen LogP contribution in [0.4, 0.5) is 5.69 Å². The molecule has 0 heterocycles. The molecule has 86 valence electrons. The number of amides is 2. The number of hydrogen-bond acceptors (Lipinski definition) is 4. The Morgan fingerprint density at radius 1 is 1.44 bits per heavy atom. The van der Waals surface area contributed by atoms with Crippen molar-refractivity contribution in [3.8, 4) is 5.75 Å². The average Bonchev–Trinajstić information content (AvgIpc) is 2.25. The molecule has 0 unspecified atom stereocenters. The van der Waals surface area contributed by atoms with Crippen LogP contribution in [-0.4, -0.2) is 25.5 Å². The minimum absolute atomic E-state index is 0.200. The van der Waals surface area contributed by atoms with Gasteiger partial charge in [-0.25, -0.2) is 0 Å². The van der Waals surface area contributed by atoms with Crippen LogP contribution in [0.2, 0.25) is 0 Å². The van der Waals surface area contributed by atoms with Gasteiger partial charge in [0.25, 0.3) is 5.91 Å². The summed E-state index contributed by atoms with van der Waals surface area (Å²) in [5.74, 6) is -0.766. The number of benzene rings is 1. The zero-order valence-electron chi connectivity index (χ0n) is 8.82. The third-order valence-corrected chi connectivity index (χ3v) is 1.93. The molecule has 1 aromatic carbocycles. The van der Waals surface area contributed by atoms with Crippen molar-refractivity contribution >= 4 is 17.5 Å². The first-order valence-electron chi connectivity index (χ1n) is 4.55. The normalized spacial score (nSPS) is 9.56. The Kier molecular flexibility index (Phi) is 3.71. The lowest BCUT2D eigenvalue weighted by atomic mass is 10.1. The molecule has 1 aromatic rings. The number of nitrogens with two attached hydrogens (primary N) is 2. The summed E-state index contributed by atoms with van der Waals surface area (Å²) < 4.78 is 5.00. The molecule has 0 bridgehead atoms. The predicted octanol–water partition coefficient (Wildman–Crippen LogP) is -0.507. The molecule has 5 N–H and O–H groups in total. The molecule has 0 aliphatic heterocycles. The smallest absolute Gasteiger partial charge is 0.257 e. The van der Waals surface area contributed by atoms with Gasteiger partial charge in [-0.3, -0.25) is 9.59 Å². The van der Waals surface area contributed by atoms with Gasteiger partial charge in [-0.05, 0) is 12.1 Å². The molecule has 0 saturated heterocycles. The summed E-state index contributed by atoms with van der Waals surface area (Å²) in [5, 5.41) is 2.34. The molecule has 0 radical (unpaired) electrons. The molecule has 0 fully saturated rings. The summed E-state index contributed by atoms with van der Waals surface area (Å²) in [5.41, 5.74) is 11.0. The lowest BCUT2D eigenvalue weighted by Gasteiger charge is -2.10. The van der Waals surface area contributed by atoms with E-state index in [0.29, 0.717) is 5.75 Å². The number of nitrogen functional groups attached to an aromatic ring is 1. The van der Waals surface area contributed by atoms with Crippen LogP contribution in [0.25, 0.3) is 0 Å². The van der Waals surface area contributed by atoms with Crippen molar-refractivity contribution in [1.82, 2.24) is 5.32 Å². The molecule has 0 saturated carbocycles. The third-order valence-electron chi connectivity index (χ3n) is 1.93. The predicted molar refractivity (Wildman–Crippen MR) is 58.9 cm³/mol. The maximum atomic E-state index is 11.7. The largest absolute Gasteiger partial charge is 0.496 e. The summed E-state index contributed by atoms with van der Waals surface area (Å²) in [6.45, 7) is -0.240. The molecule has 1 rings (SSSR count). The fourth-order valence-corrected chi connectivity index (χ4v) is 1.22. The number of rotatable bonds is 4. The van der Waals surface area contributed by atoms with E-state index in [4.69, 9.17) is 16.2 Å². The Bertz CT molecular complexity index is 418. The Balaban J connectivity index is 2.93. The molecule has 0 spiro atoms. The maximum absolute atomic E-state index is 11.7. The van der Waals surface area contributed by atoms with Crippen molar-refractivity contribution in [3.63, 3.8) is 0 Å². The molecule has 0 atom stereocenters. The SMILES string of the molecule is COc1cccc(N)c1C(=O)NCC(N)=O. The number of anilines is 1. The van der Waals surface area contributed by atoms with Crippen LogP contribution in [0, 0.1) is 0 Å². The van der Waals surface area contributed by atoms with Crippen LogP contribution in [0.15, 0.2) is 18.2 Å². The highest BCUT2D eigenvalue weighted by Gasteiger charge is 2.15. The van der Waals surface area contributed by atoms with Crippen molar-refractivity contribution in [3.05, 3.63) is 23.8 Å². The Labute approximate surface area is 92.6 Å². The van der Waals surface area contributed by atoms with Crippen LogP contribution in [0.3, 0.4) is 0 Å². The van der Waals surface area contributed by atoms with E-state index in [1.807, 2.05) is 0 Å². The Morgan fingerprint density at radius 2 is 2.12 bits per heavy atom. The first-order chi connectivity index (χ1) is 7.56. The topological polar surface area (TPSA) is 107 Å². The van der Waals surface area contributed by atoms with Gasteiger partial charge >= 0.3 is 0 Å². The highest BCUT2D eigenvalue weighted by molar-refractivity contribution is 6.03. The van der Waals surface area contributed by atoms with Gasteiger partial charge in [0.2, 0.25) is 5.91 Å². The van der Waals surface area contributed by atoms with Gasteiger partial charge in [-0.2, -0.15) is 0 Å². The first kappa shape index (κ1) is 11.8. The monoisotopic (exact) mass is 223 g/mol. The molecule has 2 amide bonds. The van der Waals surface area contributed by atoms with Crippen molar-refractivity contribution in [1.29, 1.82) is 0 Å². The standard InChI is InChI=1S/C10H13N3O3/c1-16-7-4-2-3-6(11)9(7)10(15)13-5-8(12)14/h2-4H,5,11H2,1H3,(H2,12,14)(H,13,15). The van der Waals surface area contributed by atoms with Gasteiger partial charge in [0, 0.05) is 5.69 Å². The third kappa shape index (κ3) is 2.63. The number of hydrogen-bond donors (Lipinski definition) is 3. The quantitative estimate of drug-likeness (QED) is 0.597. The molecule has 6 heteroatoms. The van der Waals surface area contributed by atoms with Gasteiger partial charge < -0.3 is 21.5 Å². The molecule has 0 aromatic heterocycles. The van der Waals surface area contributed by atoms with E-state index in [1.54, 1.807) is 18.2 Å². The lowest BCUT2D eigenvalue weighted by Crippen LogP contribution is -2.33. The molecular formula is C10H13N3O3. The van der Waals surface area contributed by atoms with Crippen molar-refractivity contribution < 1.29 is 14.3 Å². The van der Waals surface area contributed by atoms with Gasteiger partial charge in [-0.15, -0.1) is 0 Å². The number of primary amides is 1. The molecule has 16 heavy (non-hydrogen) atoms. The molecular weight excluding hydrogens is 210 g/mol. The van der Waals surface area contributed by atoms with E-state index in [9.17, 15) is 9.59 Å². The number of methoxy groups -OCH3 is 1. The minimum atomic E-state index is -0.623. The summed E-state index contributed by atoms with van der Waals surface area (Å²) in [4.78, 5) is 22.2.